The number of pyridine rings is 1. The van der Waals surface area contributed by atoms with E-state index in [1.54, 1.807) is 10.8 Å². The van der Waals surface area contributed by atoms with E-state index >= 15 is 0 Å². The van der Waals surface area contributed by atoms with E-state index in [9.17, 15) is 8.78 Å². The normalized spacial score (nSPS) is 12.8. The molecular formula is C15H12ClF2N3. The Morgan fingerprint density at radius 2 is 2.10 bits per heavy atom. The van der Waals surface area contributed by atoms with Crippen LogP contribution < -0.4 is 0 Å². The van der Waals surface area contributed by atoms with E-state index in [2.05, 4.69) is 9.97 Å². The summed E-state index contributed by atoms with van der Waals surface area (Å²) in [4.78, 5) is 8.46. The maximum Gasteiger partial charge on any atom is 0.153 e. The van der Waals surface area contributed by atoms with Crippen molar-refractivity contribution in [2.75, 3.05) is 0 Å². The lowest BCUT2D eigenvalue weighted by atomic mass is 10.2. The van der Waals surface area contributed by atoms with Crippen LogP contribution in [0.15, 0.2) is 36.5 Å². The minimum absolute atomic E-state index is 0.104. The molecule has 0 N–H and O–H groups in total. The van der Waals surface area contributed by atoms with Gasteiger partial charge < -0.3 is 4.57 Å². The molecule has 2 aromatic heterocycles. The predicted octanol–water partition coefficient (Wildman–Crippen LogP) is 4.06. The van der Waals surface area contributed by atoms with Crippen molar-refractivity contribution in [3.63, 3.8) is 0 Å². The van der Waals surface area contributed by atoms with E-state index in [4.69, 9.17) is 11.6 Å². The smallest absolute Gasteiger partial charge is 0.153 e. The first-order valence-corrected chi connectivity index (χ1v) is 6.98. The monoisotopic (exact) mass is 307 g/mol. The summed E-state index contributed by atoms with van der Waals surface area (Å²) in [5, 5.41) is 0. The lowest BCUT2D eigenvalue weighted by Crippen LogP contribution is -2.11. The van der Waals surface area contributed by atoms with Crippen molar-refractivity contribution in [2.24, 2.45) is 0 Å². The number of rotatable bonds is 3. The average Bonchev–Trinajstić information content (AvgIpc) is 2.86. The number of imidazole rings is 1. The molecule has 0 spiro atoms. The van der Waals surface area contributed by atoms with E-state index in [-0.39, 0.29) is 17.4 Å². The van der Waals surface area contributed by atoms with E-state index in [0.717, 1.165) is 11.8 Å². The second kappa shape index (κ2) is 5.41. The highest BCUT2D eigenvalue weighted by Crippen LogP contribution is 2.28. The number of nitrogens with zero attached hydrogens (tertiary/aromatic N) is 3. The third-order valence-electron chi connectivity index (χ3n) is 3.41. The molecule has 1 aromatic carbocycles. The van der Waals surface area contributed by atoms with Crippen LogP contribution in [0.3, 0.4) is 0 Å². The van der Waals surface area contributed by atoms with Crippen LogP contribution in [0.25, 0.3) is 11.0 Å². The van der Waals surface area contributed by atoms with Crippen LogP contribution in [-0.4, -0.2) is 14.5 Å². The van der Waals surface area contributed by atoms with Crippen LogP contribution in [-0.2, 0) is 5.88 Å². The van der Waals surface area contributed by atoms with Gasteiger partial charge in [0.1, 0.15) is 17.2 Å². The molecule has 0 saturated carbocycles. The first-order chi connectivity index (χ1) is 10.1. The lowest BCUT2D eigenvalue weighted by molar-refractivity contribution is 0.587. The summed E-state index contributed by atoms with van der Waals surface area (Å²) < 4.78 is 29.1. The zero-order valence-corrected chi connectivity index (χ0v) is 12.0. The highest BCUT2D eigenvalue weighted by atomic mass is 35.5. The summed E-state index contributed by atoms with van der Waals surface area (Å²) in [5.74, 6) is -0.749. The van der Waals surface area contributed by atoms with Gasteiger partial charge in [-0.05, 0) is 19.1 Å². The maximum atomic E-state index is 13.9. The molecule has 0 aliphatic heterocycles. The van der Waals surface area contributed by atoms with E-state index in [1.165, 1.54) is 6.07 Å². The van der Waals surface area contributed by atoms with Crippen LogP contribution >= 0.6 is 11.6 Å². The maximum absolute atomic E-state index is 13.9. The first-order valence-electron chi connectivity index (χ1n) is 6.44. The average molecular weight is 308 g/mol. The number of fused-ring (bicyclic) bond motifs is 1. The molecule has 0 radical (unpaired) electrons. The van der Waals surface area contributed by atoms with Crippen molar-refractivity contribution in [1.82, 2.24) is 14.5 Å². The number of halogens is 3. The molecule has 2 heterocycles. The Balaban J connectivity index is 2.25. The third-order valence-corrected chi connectivity index (χ3v) is 3.65. The summed E-state index contributed by atoms with van der Waals surface area (Å²) in [7, 11) is 0. The Kier molecular flexibility index (Phi) is 3.59. The summed E-state index contributed by atoms with van der Waals surface area (Å²) in [6.45, 7) is 1.89. The summed E-state index contributed by atoms with van der Waals surface area (Å²) in [6, 6.07) is 7.38. The van der Waals surface area contributed by atoms with Gasteiger partial charge in [0, 0.05) is 18.3 Å². The van der Waals surface area contributed by atoms with Gasteiger partial charge in [0.25, 0.3) is 0 Å². The van der Waals surface area contributed by atoms with Crippen LogP contribution in [0, 0.1) is 11.6 Å². The molecule has 21 heavy (non-hydrogen) atoms. The summed E-state index contributed by atoms with van der Waals surface area (Å²) in [6.07, 6.45) is 1.67. The van der Waals surface area contributed by atoms with Crippen molar-refractivity contribution in [2.45, 2.75) is 18.8 Å². The molecular weight excluding hydrogens is 296 g/mol. The van der Waals surface area contributed by atoms with Crippen LogP contribution in [0.5, 0.6) is 0 Å². The molecule has 3 rings (SSSR count). The van der Waals surface area contributed by atoms with Crippen LogP contribution in [0.1, 0.15) is 24.5 Å². The van der Waals surface area contributed by atoms with Gasteiger partial charge in [0.15, 0.2) is 5.82 Å². The van der Waals surface area contributed by atoms with Gasteiger partial charge in [-0.25, -0.2) is 13.8 Å². The molecule has 3 nitrogen and oxygen atoms in total. The standard InChI is InChI=1S/C15H12ClF2N3/c1-9(12-4-2-3-5-19-12)21-13-7-10(17)6-11(18)15(13)20-14(21)8-16/h2-7,9H,8H2,1H3. The summed E-state index contributed by atoms with van der Waals surface area (Å²) in [5.41, 5.74) is 1.27. The zero-order valence-electron chi connectivity index (χ0n) is 11.2. The molecule has 0 aliphatic rings. The fraction of sp³-hybridized carbons (Fsp3) is 0.200. The van der Waals surface area contributed by atoms with Crippen molar-refractivity contribution < 1.29 is 8.78 Å². The van der Waals surface area contributed by atoms with Gasteiger partial charge in [-0.2, -0.15) is 0 Å². The van der Waals surface area contributed by atoms with Crippen molar-refractivity contribution in [3.05, 3.63) is 59.7 Å². The number of aromatic nitrogens is 3. The lowest BCUT2D eigenvalue weighted by Gasteiger charge is -2.16. The quantitative estimate of drug-likeness (QED) is 0.683. The highest BCUT2D eigenvalue weighted by Gasteiger charge is 2.20. The summed E-state index contributed by atoms with van der Waals surface area (Å²) >= 11 is 5.91. The van der Waals surface area contributed by atoms with E-state index in [0.29, 0.717) is 11.3 Å². The topological polar surface area (TPSA) is 30.7 Å². The van der Waals surface area contributed by atoms with Gasteiger partial charge in [-0.15, -0.1) is 11.6 Å². The van der Waals surface area contributed by atoms with Crippen LogP contribution in [0.4, 0.5) is 8.78 Å². The van der Waals surface area contributed by atoms with E-state index in [1.807, 2.05) is 25.1 Å². The van der Waals surface area contributed by atoms with Gasteiger partial charge in [0.2, 0.25) is 0 Å². The third kappa shape index (κ3) is 2.38. The van der Waals surface area contributed by atoms with Gasteiger partial charge in [-0.1, -0.05) is 6.07 Å². The number of benzene rings is 1. The molecule has 0 fully saturated rings. The van der Waals surface area contributed by atoms with Crippen LogP contribution in [0.2, 0.25) is 0 Å². The molecule has 1 unspecified atom stereocenters. The minimum atomic E-state index is -0.691. The molecule has 0 amide bonds. The number of hydrogen-bond donors (Lipinski definition) is 0. The van der Waals surface area contributed by atoms with Crippen molar-refractivity contribution in [3.8, 4) is 0 Å². The fourth-order valence-corrected chi connectivity index (χ4v) is 2.64. The zero-order chi connectivity index (χ0) is 15.0. The van der Waals surface area contributed by atoms with Gasteiger partial charge in [-0.3, -0.25) is 4.98 Å². The van der Waals surface area contributed by atoms with Crippen molar-refractivity contribution >= 4 is 22.6 Å². The molecule has 3 aromatic rings. The Morgan fingerprint density at radius 1 is 1.29 bits per heavy atom. The van der Waals surface area contributed by atoms with E-state index < -0.39 is 11.6 Å². The van der Waals surface area contributed by atoms with Gasteiger partial charge in [0.05, 0.1) is 23.1 Å². The van der Waals surface area contributed by atoms with Gasteiger partial charge >= 0.3 is 0 Å². The Morgan fingerprint density at radius 3 is 2.76 bits per heavy atom. The molecule has 108 valence electrons. The highest BCUT2D eigenvalue weighted by molar-refractivity contribution is 6.16. The number of alkyl halides is 1. The first kappa shape index (κ1) is 13.9. The molecule has 6 heteroatoms. The number of hydrogen-bond acceptors (Lipinski definition) is 2. The minimum Gasteiger partial charge on any atom is -0.318 e. The Bertz CT molecular complexity index is 786. The fourth-order valence-electron chi connectivity index (χ4n) is 2.45. The van der Waals surface area contributed by atoms with Crippen molar-refractivity contribution in [1.29, 1.82) is 0 Å². The second-order valence-electron chi connectivity index (χ2n) is 4.72. The molecule has 0 bridgehead atoms. The predicted molar refractivity (Wildman–Crippen MR) is 77.3 cm³/mol. The SMILES string of the molecule is CC(c1ccccn1)n1c(CCl)nc2c(F)cc(F)cc21. The molecule has 1 atom stereocenters. The molecule has 0 aliphatic carbocycles. The Hall–Kier alpha value is -2.01. The largest absolute Gasteiger partial charge is 0.318 e. The Labute approximate surface area is 125 Å². The molecule has 0 saturated heterocycles. The second-order valence-corrected chi connectivity index (χ2v) is 4.98.